The van der Waals surface area contributed by atoms with Gasteiger partial charge in [0.25, 0.3) is 5.91 Å². The van der Waals surface area contributed by atoms with E-state index in [-0.39, 0.29) is 16.2 Å². The summed E-state index contributed by atoms with van der Waals surface area (Å²) in [6.45, 7) is 1.78. The Morgan fingerprint density at radius 1 is 1.40 bits per heavy atom. The third kappa shape index (κ3) is 3.69. The number of nitrogens with zero attached hydrogens (tertiary/aromatic N) is 1. The molecule has 0 spiro atoms. The van der Waals surface area contributed by atoms with Crippen molar-refractivity contribution in [2.24, 2.45) is 5.14 Å². The number of amides is 1. The van der Waals surface area contributed by atoms with Crippen LogP contribution in [-0.4, -0.2) is 46.0 Å². The fourth-order valence-electron chi connectivity index (χ4n) is 2.91. The molecule has 1 aromatic carbocycles. The molecule has 1 aromatic heterocycles. The number of rotatable bonds is 4. The Hall–Kier alpha value is -1.94. The Labute approximate surface area is 150 Å². The lowest BCUT2D eigenvalue weighted by Gasteiger charge is -2.37. The molecule has 1 atom stereocenters. The van der Waals surface area contributed by atoms with E-state index >= 15 is 0 Å². The summed E-state index contributed by atoms with van der Waals surface area (Å²) in [4.78, 5) is 14.7. The summed E-state index contributed by atoms with van der Waals surface area (Å²) >= 11 is 0.953. The van der Waals surface area contributed by atoms with E-state index in [1.165, 1.54) is 11.4 Å². The van der Waals surface area contributed by atoms with E-state index in [1.807, 2.05) is 24.3 Å². The highest BCUT2D eigenvalue weighted by atomic mass is 32.2. The summed E-state index contributed by atoms with van der Waals surface area (Å²) in [5.74, 6) is 0.494. The van der Waals surface area contributed by atoms with Crippen LogP contribution in [0.15, 0.2) is 39.9 Å². The van der Waals surface area contributed by atoms with Crippen molar-refractivity contribution < 1.29 is 17.9 Å². The quantitative estimate of drug-likeness (QED) is 0.828. The number of nitrogens with one attached hydrogen (secondary N) is 1. The summed E-state index contributed by atoms with van der Waals surface area (Å²) in [5.41, 5.74) is 1.24. The maximum Gasteiger partial charge on any atom is 0.255 e. The van der Waals surface area contributed by atoms with E-state index < -0.39 is 10.0 Å². The van der Waals surface area contributed by atoms with Crippen molar-refractivity contribution in [2.75, 3.05) is 26.7 Å². The van der Waals surface area contributed by atoms with Gasteiger partial charge in [-0.1, -0.05) is 18.2 Å². The standard InChI is InChI=1S/C16H19N3O4S2/c1-23-14-5-3-2-4-12(14)13-9-18-6-7-19(13)16(20)11-8-15(24-10-11)25(17,21)22/h2-5,8,10,13,18H,6-7,9H2,1H3,(H2,17,21,22). The molecule has 3 N–H and O–H groups in total. The summed E-state index contributed by atoms with van der Waals surface area (Å²) < 4.78 is 28.3. The van der Waals surface area contributed by atoms with Gasteiger partial charge in [0.05, 0.1) is 18.7 Å². The van der Waals surface area contributed by atoms with E-state index in [1.54, 1.807) is 12.0 Å². The molecule has 0 aliphatic carbocycles. The van der Waals surface area contributed by atoms with Crippen LogP contribution in [0.3, 0.4) is 0 Å². The van der Waals surface area contributed by atoms with Crippen molar-refractivity contribution in [2.45, 2.75) is 10.3 Å². The SMILES string of the molecule is COc1ccccc1C1CNCCN1C(=O)c1csc(S(N)(=O)=O)c1. The van der Waals surface area contributed by atoms with Gasteiger partial charge in [0.2, 0.25) is 10.0 Å². The average molecular weight is 381 g/mol. The number of benzene rings is 1. The maximum absolute atomic E-state index is 13.0. The topological polar surface area (TPSA) is 102 Å². The molecule has 2 aromatic rings. The van der Waals surface area contributed by atoms with Gasteiger partial charge in [-0.2, -0.15) is 0 Å². The van der Waals surface area contributed by atoms with Crippen molar-refractivity contribution in [3.8, 4) is 5.75 Å². The van der Waals surface area contributed by atoms with Gasteiger partial charge in [0.15, 0.2) is 0 Å². The van der Waals surface area contributed by atoms with Crippen molar-refractivity contribution in [3.05, 3.63) is 46.8 Å². The number of carbonyl (C=O) groups excluding carboxylic acids is 1. The van der Waals surface area contributed by atoms with E-state index in [0.29, 0.717) is 30.9 Å². The molecule has 1 saturated heterocycles. The molecule has 1 unspecified atom stereocenters. The Morgan fingerprint density at radius 3 is 2.84 bits per heavy atom. The summed E-state index contributed by atoms with van der Waals surface area (Å²) in [6.07, 6.45) is 0. The van der Waals surface area contributed by atoms with Gasteiger partial charge in [-0.3, -0.25) is 4.79 Å². The molecule has 7 nitrogen and oxygen atoms in total. The highest BCUT2D eigenvalue weighted by Gasteiger charge is 2.31. The summed E-state index contributed by atoms with van der Waals surface area (Å²) in [7, 11) is -2.21. The zero-order chi connectivity index (χ0) is 18.0. The van der Waals surface area contributed by atoms with Crippen LogP contribution in [0.1, 0.15) is 22.0 Å². The van der Waals surface area contributed by atoms with Crippen LogP contribution in [0.2, 0.25) is 0 Å². The lowest BCUT2D eigenvalue weighted by Crippen LogP contribution is -2.48. The van der Waals surface area contributed by atoms with E-state index in [2.05, 4.69) is 5.32 Å². The minimum Gasteiger partial charge on any atom is -0.496 e. The number of primary sulfonamides is 1. The molecule has 0 radical (unpaired) electrons. The number of methoxy groups -OCH3 is 1. The van der Waals surface area contributed by atoms with Crippen LogP contribution in [0.4, 0.5) is 0 Å². The third-order valence-electron chi connectivity index (χ3n) is 4.10. The molecule has 25 heavy (non-hydrogen) atoms. The average Bonchev–Trinajstić information content (AvgIpc) is 3.11. The predicted molar refractivity (Wildman–Crippen MR) is 95.3 cm³/mol. The second-order valence-electron chi connectivity index (χ2n) is 5.66. The highest BCUT2D eigenvalue weighted by Crippen LogP contribution is 2.32. The summed E-state index contributed by atoms with van der Waals surface area (Å²) in [6, 6.07) is 8.70. The third-order valence-corrected chi connectivity index (χ3v) is 6.49. The van der Waals surface area contributed by atoms with Gasteiger partial charge in [0, 0.05) is 30.6 Å². The normalized spacial score (nSPS) is 18.2. The second kappa shape index (κ2) is 7.12. The van der Waals surface area contributed by atoms with Crippen LogP contribution >= 0.6 is 11.3 Å². The Bertz CT molecular complexity index is 879. The minimum atomic E-state index is -3.81. The van der Waals surface area contributed by atoms with Crippen LogP contribution in [-0.2, 0) is 10.0 Å². The van der Waals surface area contributed by atoms with Gasteiger partial charge < -0.3 is 15.0 Å². The number of ether oxygens (including phenoxy) is 1. The Morgan fingerprint density at radius 2 is 2.16 bits per heavy atom. The fraction of sp³-hybridized carbons (Fsp3) is 0.312. The van der Waals surface area contributed by atoms with Gasteiger partial charge in [-0.15, -0.1) is 11.3 Å². The molecule has 1 amide bonds. The number of hydrogen-bond donors (Lipinski definition) is 2. The first-order valence-electron chi connectivity index (χ1n) is 7.67. The smallest absolute Gasteiger partial charge is 0.255 e. The zero-order valence-corrected chi connectivity index (χ0v) is 15.3. The fourth-order valence-corrected chi connectivity index (χ4v) is 4.49. The monoisotopic (exact) mass is 381 g/mol. The molecular formula is C16H19N3O4S2. The van der Waals surface area contributed by atoms with Crippen LogP contribution in [0, 0.1) is 0 Å². The van der Waals surface area contributed by atoms with Gasteiger partial charge in [-0.25, -0.2) is 13.6 Å². The van der Waals surface area contributed by atoms with Crippen molar-refractivity contribution in [3.63, 3.8) is 0 Å². The number of sulfonamides is 1. The van der Waals surface area contributed by atoms with E-state index in [4.69, 9.17) is 9.88 Å². The highest BCUT2D eigenvalue weighted by molar-refractivity contribution is 7.91. The first kappa shape index (κ1) is 17.9. The minimum absolute atomic E-state index is 0.0140. The number of nitrogens with two attached hydrogens (primary N) is 1. The maximum atomic E-state index is 13.0. The molecule has 0 saturated carbocycles. The Balaban J connectivity index is 1.93. The molecule has 1 aliphatic heterocycles. The molecule has 9 heteroatoms. The first-order valence-corrected chi connectivity index (χ1v) is 10.1. The number of thiophene rings is 1. The van der Waals surface area contributed by atoms with Gasteiger partial charge in [0.1, 0.15) is 9.96 Å². The molecule has 1 fully saturated rings. The molecule has 1 aliphatic rings. The zero-order valence-electron chi connectivity index (χ0n) is 13.6. The van der Waals surface area contributed by atoms with E-state index in [9.17, 15) is 13.2 Å². The van der Waals surface area contributed by atoms with Crippen LogP contribution < -0.4 is 15.2 Å². The lowest BCUT2D eigenvalue weighted by atomic mass is 10.0. The molecule has 134 valence electrons. The van der Waals surface area contributed by atoms with Crippen molar-refractivity contribution >= 4 is 27.3 Å². The van der Waals surface area contributed by atoms with Gasteiger partial charge in [-0.05, 0) is 12.1 Å². The van der Waals surface area contributed by atoms with Crippen molar-refractivity contribution in [1.29, 1.82) is 0 Å². The number of para-hydroxylation sites is 1. The molecule has 0 bridgehead atoms. The molecule has 2 heterocycles. The number of hydrogen-bond acceptors (Lipinski definition) is 6. The van der Waals surface area contributed by atoms with Crippen molar-refractivity contribution in [1.82, 2.24) is 10.2 Å². The number of carbonyl (C=O) groups is 1. The van der Waals surface area contributed by atoms with Crippen LogP contribution in [0.25, 0.3) is 0 Å². The van der Waals surface area contributed by atoms with E-state index in [0.717, 1.165) is 16.9 Å². The second-order valence-corrected chi connectivity index (χ2v) is 8.36. The molecule has 3 rings (SSSR count). The van der Waals surface area contributed by atoms with Gasteiger partial charge >= 0.3 is 0 Å². The first-order chi connectivity index (χ1) is 11.9. The predicted octanol–water partition coefficient (Wildman–Crippen LogP) is 1.19. The Kier molecular flexibility index (Phi) is 5.09. The largest absolute Gasteiger partial charge is 0.496 e. The van der Waals surface area contributed by atoms with Crippen LogP contribution in [0.5, 0.6) is 5.75 Å². The number of piperazine rings is 1. The lowest BCUT2D eigenvalue weighted by molar-refractivity contribution is 0.0632. The summed E-state index contributed by atoms with van der Waals surface area (Å²) in [5, 5.41) is 9.95. The molecular weight excluding hydrogens is 362 g/mol.